The van der Waals surface area contributed by atoms with E-state index in [4.69, 9.17) is 4.74 Å². The molecule has 2 aromatic rings. The van der Waals surface area contributed by atoms with Crippen molar-refractivity contribution in [2.45, 2.75) is 13.0 Å². The van der Waals surface area contributed by atoms with E-state index < -0.39 is 17.7 Å². The van der Waals surface area contributed by atoms with Gasteiger partial charge in [0.25, 0.3) is 0 Å². The Morgan fingerprint density at radius 3 is 2.54 bits per heavy atom. The van der Waals surface area contributed by atoms with Gasteiger partial charge in [0.2, 0.25) is 0 Å². The smallest absolute Gasteiger partial charge is 0.317 e. The number of hydrogen-bond acceptors (Lipinski definition) is 2. The molecule has 0 heterocycles. The number of rotatable bonds is 6. The number of benzene rings is 2. The van der Waals surface area contributed by atoms with Crippen molar-refractivity contribution in [3.05, 3.63) is 65.7 Å². The largest absolute Gasteiger partial charge is 0.492 e. The lowest BCUT2D eigenvalue weighted by Crippen LogP contribution is -2.40. The fraction of sp³-hybridized carbons (Fsp3) is 0.278. The highest BCUT2D eigenvalue weighted by atomic mass is 19.2. The molecule has 128 valence electrons. The van der Waals surface area contributed by atoms with E-state index in [1.54, 1.807) is 14.0 Å². The second kappa shape index (κ2) is 8.29. The topological polar surface area (TPSA) is 41.6 Å². The summed E-state index contributed by atoms with van der Waals surface area (Å²) in [6.07, 6.45) is 0. The summed E-state index contributed by atoms with van der Waals surface area (Å²) >= 11 is 0. The zero-order valence-corrected chi connectivity index (χ0v) is 13.6. The number of likely N-dealkylation sites (N-methyl/N-ethyl adjacent to an activating group) is 1. The minimum Gasteiger partial charge on any atom is -0.492 e. The summed E-state index contributed by atoms with van der Waals surface area (Å²) in [5.41, 5.74) is 0.496. The highest BCUT2D eigenvalue weighted by Crippen LogP contribution is 2.16. The summed E-state index contributed by atoms with van der Waals surface area (Å²) in [4.78, 5) is 13.6. The van der Waals surface area contributed by atoms with Crippen LogP contribution in [-0.4, -0.2) is 31.1 Å². The molecule has 0 aromatic heterocycles. The number of para-hydroxylation sites is 1. The van der Waals surface area contributed by atoms with Crippen molar-refractivity contribution in [3.63, 3.8) is 0 Å². The molecular weight excluding hydrogens is 314 g/mol. The predicted octanol–water partition coefficient (Wildman–Crippen LogP) is 3.75. The van der Waals surface area contributed by atoms with Crippen LogP contribution in [0.2, 0.25) is 0 Å². The van der Waals surface area contributed by atoms with Crippen LogP contribution in [-0.2, 0) is 0 Å². The Bertz CT molecular complexity index is 680. The Hall–Kier alpha value is -2.63. The second-order valence-electron chi connectivity index (χ2n) is 5.43. The van der Waals surface area contributed by atoms with Crippen LogP contribution in [0.3, 0.4) is 0 Å². The standard InChI is InChI=1S/C18H20F2N2O2/c1-13(14-8-9-16(19)17(20)12-14)21-18(23)22(2)10-11-24-15-6-4-3-5-7-15/h3-9,12-13H,10-11H2,1-2H3,(H,21,23). The third-order valence-electron chi connectivity index (χ3n) is 3.57. The number of urea groups is 1. The van der Waals surface area contributed by atoms with E-state index in [2.05, 4.69) is 5.32 Å². The highest BCUT2D eigenvalue weighted by molar-refractivity contribution is 5.74. The second-order valence-corrected chi connectivity index (χ2v) is 5.43. The van der Waals surface area contributed by atoms with Crippen LogP contribution in [0.4, 0.5) is 13.6 Å². The minimum atomic E-state index is -0.932. The number of carbonyl (C=O) groups is 1. The Morgan fingerprint density at radius 1 is 1.17 bits per heavy atom. The van der Waals surface area contributed by atoms with Crippen molar-refractivity contribution in [2.24, 2.45) is 0 Å². The van der Waals surface area contributed by atoms with Crippen molar-refractivity contribution >= 4 is 6.03 Å². The monoisotopic (exact) mass is 334 g/mol. The SMILES string of the molecule is CC(NC(=O)N(C)CCOc1ccccc1)c1ccc(F)c(F)c1. The molecule has 1 atom stereocenters. The molecule has 0 saturated carbocycles. The van der Waals surface area contributed by atoms with Crippen molar-refractivity contribution in [1.82, 2.24) is 10.2 Å². The van der Waals surface area contributed by atoms with Crippen LogP contribution in [0, 0.1) is 11.6 Å². The Morgan fingerprint density at radius 2 is 1.88 bits per heavy atom. The molecule has 2 rings (SSSR count). The van der Waals surface area contributed by atoms with Crippen LogP contribution in [0.15, 0.2) is 48.5 Å². The van der Waals surface area contributed by atoms with Gasteiger partial charge in [-0.05, 0) is 36.8 Å². The van der Waals surface area contributed by atoms with Crippen LogP contribution in [0.1, 0.15) is 18.5 Å². The lowest BCUT2D eigenvalue weighted by atomic mass is 10.1. The van der Waals surface area contributed by atoms with E-state index >= 15 is 0 Å². The van der Waals surface area contributed by atoms with Crippen LogP contribution in [0.25, 0.3) is 0 Å². The minimum absolute atomic E-state index is 0.316. The molecule has 4 nitrogen and oxygen atoms in total. The first-order valence-corrected chi connectivity index (χ1v) is 7.62. The number of carbonyl (C=O) groups excluding carboxylic acids is 1. The number of amides is 2. The van der Waals surface area contributed by atoms with E-state index in [-0.39, 0.29) is 6.03 Å². The summed E-state index contributed by atoms with van der Waals surface area (Å²) in [6.45, 7) is 2.46. The number of hydrogen-bond donors (Lipinski definition) is 1. The van der Waals surface area contributed by atoms with Crippen molar-refractivity contribution < 1.29 is 18.3 Å². The fourth-order valence-electron chi connectivity index (χ4n) is 2.08. The molecule has 24 heavy (non-hydrogen) atoms. The van der Waals surface area contributed by atoms with Crippen LogP contribution >= 0.6 is 0 Å². The quantitative estimate of drug-likeness (QED) is 0.874. The van der Waals surface area contributed by atoms with Gasteiger partial charge in [0.15, 0.2) is 11.6 Å². The first-order valence-electron chi connectivity index (χ1n) is 7.62. The number of halogens is 2. The molecular formula is C18H20F2N2O2. The molecule has 0 saturated heterocycles. The Balaban J connectivity index is 1.81. The summed E-state index contributed by atoms with van der Waals surface area (Å²) in [5, 5.41) is 2.73. The van der Waals surface area contributed by atoms with Crippen molar-refractivity contribution in [1.29, 1.82) is 0 Å². The van der Waals surface area contributed by atoms with Crippen LogP contribution < -0.4 is 10.1 Å². The van der Waals surface area contributed by atoms with Gasteiger partial charge in [0, 0.05) is 7.05 Å². The molecule has 0 spiro atoms. The van der Waals surface area contributed by atoms with Gasteiger partial charge in [0.1, 0.15) is 12.4 Å². The van der Waals surface area contributed by atoms with Gasteiger partial charge >= 0.3 is 6.03 Å². The van der Waals surface area contributed by atoms with E-state index in [9.17, 15) is 13.6 Å². The molecule has 0 fully saturated rings. The number of nitrogens with one attached hydrogen (secondary N) is 1. The van der Waals surface area contributed by atoms with Gasteiger partial charge in [-0.2, -0.15) is 0 Å². The summed E-state index contributed by atoms with van der Waals surface area (Å²) in [7, 11) is 1.64. The van der Waals surface area contributed by atoms with Gasteiger partial charge in [-0.15, -0.1) is 0 Å². The zero-order chi connectivity index (χ0) is 17.5. The maximum Gasteiger partial charge on any atom is 0.317 e. The third kappa shape index (κ3) is 4.94. The molecule has 6 heteroatoms. The van der Waals surface area contributed by atoms with Gasteiger partial charge in [-0.1, -0.05) is 24.3 Å². The van der Waals surface area contributed by atoms with Gasteiger partial charge in [-0.25, -0.2) is 13.6 Å². The summed E-state index contributed by atoms with van der Waals surface area (Å²) in [6, 6.07) is 12.1. The zero-order valence-electron chi connectivity index (χ0n) is 13.6. The predicted molar refractivity (Wildman–Crippen MR) is 87.9 cm³/mol. The van der Waals surface area contributed by atoms with E-state index in [0.29, 0.717) is 18.7 Å². The molecule has 2 amide bonds. The molecule has 0 aliphatic heterocycles. The normalized spacial score (nSPS) is 11.7. The van der Waals surface area contributed by atoms with Gasteiger partial charge in [-0.3, -0.25) is 0 Å². The average molecular weight is 334 g/mol. The molecule has 0 aliphatic carbocycles. The van der Waals surface area contributed by atoms with E-state index in [0.717, 1.165) is 17.9 Å². The first kappa shape index (κ1) is 17.7. The van der Waals surface area contributed by atoms with Crippen molar-refractivity contribution in [3.8, 4) is 5.75 Å². The van der Waals surface area contributed by atoms with Gasteiger partial charge < -0.3 is 15.0 Å². The van der Waals surface area contributed by atoms with Crippen LogP contribution in [0.5, 0.6) is 5.75 Å². The molecule has 0 bridgehead atoms. The third-order valence-corrected chi connectivity index (χ3v) is 3.57. The van der Waals surface area contributed by atoms with Crippen molar-refractivity contribution in [2.75, 3.05) is 20.2 Å². The van der Waals surface area contributed by atoms with E-state index in [1.165, 1.54) is 11.0 Å². The average Bonchev–Trinajstić information content (AvgIpc) is 2.58. The summed E-state index contributed by atoms with van der Waals surface area (Å²) < 4.78 is 31.7. The Kier molecular flexibility index (Phi) is 6.12. The maximum atomic E-state index is 13.2. The summed E-state index contributed by atoms with van der Waals surface area (Å²) in [5.74, 6) is -1.10. The number of nitrogens with zero attached hydrogens (tertiary/aromatic N) is 1. The fourth-order valence-corrected chi connectivity index (χ4v) is 2.08. The van der Waals surface area contributed by atoms with E-state index in [1.807, 2.05) is 30.3 Å². The maximum absolute atomic E-state index is 13.2. The van der Waals surface area contributed by atoms with Gasteiger partial charge in [0.05, 0.1) is 12.6 Å². The lowest BCUT2D eigenvalue weighted by Gasteiger charge is -2.21. The Labute approximate surface area is 140 Å². The molecule has 0 aliphatic rings. The molecule has 1 N–H and O–H groups in total. The lowest BCUT2D eigenvalue weighted by molar-refractivity contribution is 0.192. The number of ether oxygens (including phenoxy) is 1. The molecule has 1 unspecified atom stereocenters. The first-order chi connectivity index (χ1) is 11.5. The highest BCUT2D eigenvalue weighted by Gasteiger charge is 2.14. The molecule has 0 radical (unpaired) electrons. The molecule has 2 aromatic carbocycles.